The number of methoxy groups -OCH3 is 1. The first-order valence-electron chi connectivity index (χ1n) is 5.40. The van der Waals surface area contributed by atoms with Gasteiger partial charge in [-0.2, -0.15) is 0 Å². The zero-order valence-electron chi connectivity index (χ0n) is 11.0. The van der Waals surface area contributed by atoms with E-state index in [0.29, 0.717) is 12.8 Å². The van der Waals surface area contributed by atoms with E-state index in [1.807, 2.05) is 6.92 Å². The minimum Gasteiger partial charge on any atom is -0.481 e. The van der Waals surface area contributed by atoms with Crippen LogP contribution in [0.1, 0.15) is 40.5 Å². The van der Waals surface area contributed by atoms with Gasteiger partial charge in [-0.05, 0) is 33.6 Å². The number of hydrogen-bond acceptors (Lipinski definition) is 4. The number of carboxylic acid groups (broad SMARTS) is 1. The lowest BCUT2D eigenvalue weighted by Gasteiger charge is -2.31. The highest BCUT2D eigenvalue weighted by atomic mass is 16.5. The molecule has 0 saturated carbocycles. The monoisotopic (exact) mass is 217 g/mol. The third kappa shape index (κ3) is 3.22. The van der Waals surface area contributed by atoms with Crippen molar-refractivity contribution in [3.8, 4) is 0 Å². The summed E-state index contributed by atoms with van der Waals surface area (Å²) in [6, 6.07) is 0. The minimum atomic E-state index is -0.874. The molecule has 0 bridgehead atoms. The zero-order chi connectivity index (χ0) is 13.0. The van der Waals surface area contributed by atoms with Gasteiger partial charge < -0.3 is 9.85 Å². The molecule has 0 aliphatic heterocycles. The summed E-state index contributed by atoms with van der Waals surface area (Å²) in [5.41, 5.74) is -1.60. The van der Waals surface area contributed by atoms with Gasteiger partial charge in [0, 0.05) is 0 Å². The van der Waals surface area contributed by atoms with Gasteiger partial charge in [0.05, 0.1) is 17.9 Å². The first-order valence-corrected chi connectivity index (χ1v) is 4.99. The highest BCUT2D eigenvalue weighted by Crippen LogP contribution is 2.37. The molecular weight excluding hydrogens is 196 g/mol. The maximum absolute atomic E-state index is 11.6. The van der Waals surface area contributed by atoms with Crippen molar-refractivity contribution >= 4 is 11.9 Å². The van der Waals surface area contributed by atoms with Crippen LogP contribution in [0.4, 0.5) is 0 Å². The molecule has 0 aliphatic carbocycles. The summed E-state index contributed by atoms with van der Waals surface area (Å²) in [7, 11) is 1.33. The van der Waals surface area contributed by atoms with Gasteiger partial charge in [-0.25, -0.2) is 0 Å². The molecule has 0 heterocycles. The van der Waals surface area contributed by atoms with Gasteiger partial charge in [0.2, 0.25) is 0 Å². The number of carbonyl (C=O) groups excluding carboxylic acids is 1. The van der Waals surface area contributed by atoms with Crippen LogP contribution < -0.4 is 0 Å². The molecule has 4 nitrogen and oxygen atoms in total. The number of carboxylic acids is 1. The molecule has 0 radical (unpaired) electrons. The number of rotatable bonds is 5. The van der Waals surface area contributed by atoms with Crippen molar-refractivity contribution in [1.82, 2.24) is 0 Å². The molecule has 0 amide bonds. The van der Waals surface area contributed by atoms with E-state index in [1.165, 1.54) is 7.11 Å². The SMILES string of the molecule is [2H]OC(=O)C(C)(C)CC(C)(CC)C(=O)OC. The summed E-state index contributed by atoms with van der Waals surface area (Å²) in [5, 5.41) is 3.98. The first-order chi connectivity index (χ1) is 7.23. The molecule has 0 spiro atoms. The Morgan fingerprint density at radius 3 is 2.27 bits per heavy atom. The van der Waals surface area contributed by atoms with Crippen LogP contribution in [0.25, 0.3) is 1.43 Å². The van der Waals surface area contributed by atoms with Crippen LogP contribution in [0.15, 0.2) is 0 Å². The molecule has 0 saturated heterocycles. The Balaban J connectivity index is 4.91. The lowest BCUT2D eigenvalue weighted by molar-refractivity contribution is -0.158. The smallest absolute Gasteiger partial charge is 0.311 e. The summed E-state index contributed by atoms with van der Waals surface area (Å²) in [6.07, 6.45) is 0.856. The summed E-state index contributed by atoms with van der Waals surface area (Å²) >= 11 is 0. The molecular formula is C11H20O4. The van der Waals surface area contributed by atoms with E-state index in [1.54, 1.807) is 20.8 Å². The Kier molecular flexibility index (Phi) is 3.72. The van der Waals surface area contributed by atoms with Crippen molar-refractivity contribution in [3.05, 3.63) is 0 Å². The van der Waals surface area contributed by atoms with E-state index in [2.05, 4.69) is 5.11 Å². The second-order valence-corrected chi connectivity index (χ2v) is 4.75. The van der Waals surface area contributed by atoms with Gasteiger partial charge >= 0.3 is 11.9 Å². The lowest BCUT2D eigenvalue weighted by Crippen LogP contribution is -2.37. The average Bonchev–Trinajstić information content (AvgIpc) is 2.25. The number of hydrogen-bond donors (Lipinski definition) is 1. The predicted octanol–water partition coefficient (Wildman–Crippen LogP) is 2.08. The number of carbonyl (C=O) groups is 2. The summed E-state index contributed by atoms with van der Waals surface area (Å²) in [4.78, 5) is 23.0. The van der Waals surface area contributed by atoms with Crippen molar-refractivity contribution in [2.45, 2.75) is 40.5 Å². The fraction of sp³-hybridized carbons (Fsp3) is 0.818. The van der Waals surface area contributed by atoms with Crippen molar-refractivity contribution in [3.63, 3.8) is 0 Å². The number of aliphatic carboxylic acids is 1. The van der Waals surface area contributed by atoms with Gasteiger partial charge in [0.25, 0.3) is 1.43 Å². The molecule has 1 atom stereocenters. The maximum atomic E-state index is 11.6. The highest BCUT2D eigenvalue weighted by molar-refractivity contribution is 5.79. The van der Waals surface area contributed by atoms with Crippen LogP contribution >= 0.6 is 0 Å². The van der Waals surface area contributed by atoms with Crippen LogP contribution in [0.3, 0.4) is 0 Å². The van der Waals surface area contributed by atoms with E-state index >= 15 is 0 Å². The van der Waals surface area contributed by atoms with Crippen molar-refractivity contribution < 1.29 is 19.4 Å². The molecule has 0 aromatic heterocycles. The van der Waals surface area contributed by atoms with E-state index in [4.69, 9.17) is 6.17 Å². The fourth-order valence-corrected chi connectivity index (χ4v) is 1.64. The first kappa shape index (κ1) is 12.0. The molecule has 0 rings (SSSR count). The number of esters is 1. The molecule has 4 heteroatoms. The standard InChI is InChI=1S/C11H20O4/c1-6-11(4,9(14)15-5)7-10(2,3)8(12)13/h6-7H2,1-5H3,(H,12,13)/i/hD. The maximum Gasteiger partial charge on any atom is 0.311 e. The lowest BCUT2D eigenvalue weighted by atomic mass is 9.72. The predicted molar refractivity (Wildman–Crippen MR) is 56.4 cm³/mol. The topological polar surface area (TPSA) is 63.6 Å². The fourth-order valence-electron chi connectivity index (χ4n) is 1.64. The largest absolute Gasteiger partial charge is 0.481 e. The Hall–Kier alpha value is -1.06. The van der Waals surface area contributed by atoms with Gasteiger partial charge in [-0.1, -0.05) is 6.92 Å². The van der Waals surface area contributed by atoms with E-state index in [-0.39, 0.29) is 5.97 Å². The van der Waals surface area contributed by atoms with Crippen molar-refractivity contribution in [2.24, 2.45) is 10.8 Å². The average molecular weight is 217 g/mol. The van der Waals surface area contributed by atoms with Gasteiger partial charge in [0.15, 0.2) is 0 Å². The Morgan fingerprint density at radius 1 is 1.40 bits per heavy atom. The summed E-state index contributed by atoms with van der Waals surface area (Å²) in [6.45, 7) is 6.91. The number of ether oxygens (including phenoxy) is 1. The Bertz CT molecular complexity index is 275. The van der Waals surface area contributed by atoms with Gasteiger partial charge in [0.1, 0.15) is 0 Å². The van der Waals surface area contributed by atoms with Crippen LogP contribution in [0.2, 0.25) is 0 Å². The molecule has 1 N–H and O–H groups in total. The highest BCUT2D eigenvalue weighted by Gasteiger charge is 2.41. The minimum absolute atomic E-state index is 0.293. The molecule has 1 unspecified atom stereocenters. The van der Waals surface area contributed by atoms with E-state index in [0.717, 1.165) is 0 Å². The second kappa shape index (κ2) is 4.64. The normalized spacial score (nSPS) is 16.2. The zero-order valence-corrected chi connectivity index (χ0v) is 10.0. The van der Waals surface area contributed by atoms with Gasteiger partial charge in [-0.3, -0.25) is 9.59 Å². The van der Waals surface area contributed by atoms with Gasteiger partial charge in [-0.15, -0.1) is 0 Å². The molecule has 15 heavy (non-hydrogen) atoms. The van der Waals surface area contributed by atoms with Crippen molar-refractivity contribution in [1.29, 1.82) is 1.43 Å². The van der Waals surface area contributed by atoms with Crippen molar-refractivity contribution in [2.75, 3.05) is 7.11 Å². The second-order valence-electron chi connectivity index (χ2n) is 4.75. The van der Waals surface area contributed by atoms with Crippen LogP contribution in [-0.4, -0.2) is 24.2 Å². The van der Waals surface area contributed by atoms with Crippen LogP contribution in [-0.2, 0) is 14.3 Å². The molecule has 0 aliphatic rings. The molecule has 0 aromatic carbocycles. The summed E-state index contributed by atoms with van der Waals surface area (Å²) < 4.78 is 11.3. The van der Waals surface area contributed by atoms with Crippen LogP contribution in [0, 0.1) is 10.8 Å². The van der Waals surface area contributed by atoms with Crippen LogP contribution in [0.5, 0.6) is 0 Å². The van der Waals surface area contributed by atoms with E-state index < -0.39 is 16.8 Å². The molecule has 0 aromatic rings. The Labute approximate surface area is 92.1 Å². The summed E-state index contributed by atoms with van der Waals surface area (Å²) in [5.74, 6) is -0.989. The molecule has 0 fully saturated rings. The van der Waals surface area contributed by atoms with E-state index in [9.17, 15) is 9.59 Å². The third-order valence-corrected chi connectivity index (χ3v) is 2.84. The molecule has 88 valence electrons. The Morgan fingerprint density at radius 2 is 1.93 bits per heavy atom. The third-order valence-electron chi connectivity index (χ3n) is 2.84. The quantitative estimate of drug-likeness (QED) is 0.716.